The Morgan fingerprint density at radius 3 is 2.26 bits per heavy atom. The fraction of sp³-hybridized carbons (Fsp3) is 0.269. The van der Waals surface area contributed by atoms with Crippen LogP contribution in [0.2, 0.25) is 5.02 Å². The van der Waals surface area contributed by atoms with Crippen molar-refractivity contribution in [1.29, 1.82) is 0 Å². The summed E-state index contributed by atoms with van der Waals surface area (Å²) in [5.74, 6) is 2.73. The van der Waals surface area contributed by atoms with Crippen LogP contribution >= 0.6 is 23.8 Å². The van der Waals surface area contributed by atoms with Crippen LogP contribution in [0.5, 0.6) is 23.0 Å². The highest BCUT2D eigenvalue weighted by atomic mass is 35.5. The van der Waals surface area contributed by atoms with E-state index in [2.05, 4.69) is 10.2 Å². The van der Waals surface area contributed by atoms with E-state index in [4.69, 9.17) is 42.8 Å². The summed E-state index contributed by atoms with van der Waals surface area (Å²) in [4.78, 5) is 2.15. The van der Waals surface area contributed by atoms with Crippen LogP contribution in [0.25, 0.3) is 0 Å². The largest absolute Gasteiger partial charge is 0.493 e. The first-order valence-electron chi connectivity index (χ1n) is 10.9. The van der Waals surface area contributed by atoms with Crippen molar-refractivity contribution in [1.82, 2.24) is 4.90 Å². The lowest BCUT2D eigenvalue weighted by Crippen LogP contribution is -2.44. The van der Waals surface area contributed by atoms with Crippen molar-refractivity contribution in [2.75, 3.05) is 39.8 Å². The molecule has 0 fully saturated rings. The van der Waals surface area contributed by atoms with Gasteiger partial charge >= 0.3 is 0 Å². The van der Waals surface area contributed by atoms with Gasteiger partial charge in [-0.05, 0) is 78.3 Å². The first-order valence-corrected chi connectivity index (χ1v) is 11.7. The maximum absolute atomic E-state index is 6.26. The smallest absolute Gasteiger partial charge is 0.174 e. The normalized spacial score (nSPS) is 14.7. The number of nitrogens with one attached hydrogen (secondary N) is 1. The van der Waals surface area contributed by atoms with Gasteiger partial charge in [0.25, 0.3) is 0 Å². The van der Waals surface area contributed by atoms with E-state index in [-0.39, 0.29) is 6.04 Å². The summed E-state index contributed by atoms with van der Waals surface area (Å²) < 4.78 is 22.8. The van der Waals surface area contributed by atoms with Gasteiger partial charge in [-0.3, -0.25) is 0 Å². The van der Waals surface area contributed by atoms with E-state index < -0.39 is 0 Å². The molecule has 3 aromatic rings. The third-order valence-electron chi connectivity index (χ3n) is 5.82. The monoisotopic (exact) mass is 498 g/mol. The summed E-state index contributed by atoms with van der Waals surface area (Å²) in [6.07, 6.45) is 0.809. The van der Waals surface area contributed by atoms with Gasteiger partial charge in [0.15, 0.2) is 28.1 Å². The fourth-order valence-electron chi connectivity index (χ4n) is 4.09. The predicted molar refractivity (Wildman–Crippen MR) is 139 cm³/mol. The Kier molecular flexibility index (Phi) is 7.65. The number of hydrogen-bond donors (Lipinski definition) is 1. The Morgan fingerprint density at radius 1 is 0.941 bits per heavy atom. The van der Waals surface area contributed by atoms with Crippen molar-refractivity contribution in [3.63, 3.8) is 0 Å². The molecule has 0 bridgehead atoms. The molecule has 1 aliphatic rings. The van der Waals surface area contributed by atoms with Crippen LogP contribution in [0.1, 0.15) is 17.2 Å². The molecule has 3 aromatic carbocycles. The first kappa shape index (κ1) is 24.0. The van der Waals surface area contributed by atoms with Crippen molar-refractivity contribution in [3.05, 3.63) is 76.8 Å². The van der Waals surface area contributed by atoms with Gasteiger partial charge in [-0.25, -0.2) is 0 Å². The minimum atomic E-state index is -0.152. The Morgan fingerprint density at radius 2 is 1.59 bits per heavy atom. The average molecular weight is 499 g/mol. The first-order chi connectivity index (χ1) is 16.5. The quantitative estimate of drug-likeness (QED) is 0.417. The van der Waals surface area contributed by atoms with Gasteiger partial charge < -0.3 is 29.2 Å². The molecule has 34 heavy (non-hydrogen) atoms. The summed E-state index contributed by atoms with van der Waals surface area (Å²) >= 11 is 11.9. The molecule has 0 saturated carbocycles. The number of rotatable bonds is 7. The molecule has 0 aliphatic carbocycles. The highest BCUT2D eigenvalue weighted by molar-refractivity contribution is 7.80. The molecule has 0 saturated heterocycles. The van der Waals surface area contributed by atoms with E-state index in [1.807, 2.05) is 60.7 Å². The van der Waals surface area contributed by atoms with E-state index in [0.29, 0.717) is 39.7 Å². The minimum Gasteiger partial charge on any atom is -0.493 e. The standard InChI is InChI=1S/C26H27ClN2O4S/c1-30-22-6-4-5-7-23(22)33-16-21-20-15-25(32-3)24(31-2)14-17(20)12-13-29(21)26(34)28-19-10-8-18(27)9-11-19/h4-11,14-15,21H,12-13,16H2,1-3H3,(H,28,34). The minimum absolute atomic E-state index is 0.152. The zero-order chi connectivity index (χ0) is 24.1. The van der Waals surface area contributed by atoms with Crippen LogP contribution in [0, 0.1) is 0 Å². The van der Waals surface area contributed by atoms with Gasteiger partial charge in [0, 0.05) is 17.3 Å². The summed E-state index contributed by atoms with van der Waals surface area (Å²) in [6.45, 7) is 1.09. The van der Waals surface area contributed by atoms with E-state index in [1.165, 1.54) is 5.56 Å². The summed E-state index contributed by atoms with van der Waals surface area (Å²) in [6, 6.07) is 19.0. The Labute approximate surface area is 210 Å². The number of nitrogens with zero attached hydrogens (tertiary/aromatic N) is 1. The van der Waals surface area contributed by atoms with Gasteiger partial charge in [-0.1, -0.05) is 23.7 Å². The number of methoxy groups -OCH3 is 3. The Balaban J connectivity index is 1.66. The molecule has 1 heterocycles. The zero-order valence-corrected chi connectivity index (χ0v) is 20.9. The predicted octanol–water partition coefficient (Wildman–Crippen LogP) is 5.74. The number of halogens is 1. The van der Waals surface area contributed by atoms with Crippen LogP contribution in [-0.4, -0.2) is 44.5 Å². The molecule has 0 radical (unpaired) electrons. The highest BCUT2D eigenvalue weighted by Gasteiger charge is 2.31. The van der Waals surface area contributed by atoms with Gasteiger partial charge in [0.1, 0.15) is 6.61 Å². The molecule has 1 atom stereocenters. The van der Waals surface area contributed by atoms with Gasteiger partial charge in [-0.15, -0.1) is 0 Å². The summed E-state index contributed by atoms with van der Waals surface area (Å²) in [7, 11) is 4.91. The van der Waals surface area contributed by atoms with Crippen molar-refractivity contribution < 1.29 is 18.9 Å². The molecule has 1 aliphatic heterocycles. The van der Waals surface area contributed by atoms with Crippen LogP contribution in [-0.2, 0) is 6.42 Å². The lowest BCUT2D eigenvalue weighted by molar-refractivity contribution is 0.185. The second kappa shape index (κ2) is 10.8. The highest BCUT2D eigenvalue weighted by Crippen LogP contribution is 2.39. The number of para-hydroxylation sites is 2. The second-order valence-electron chi connectivity index (χ2n) is 7.76. The number of fused-ring (bicyclic) bond motifs is 1. The molecule has 0 aromatic heterocycles. The zero-order valence-electron chi connectivity index (χ0n) is 19.3. The second-order valence-corrected chi connectivity index (χ2v) is 8.59. The molecular weight excluding hydrogens is 472 g/mol. The van der Waals surface area contributed by atoms with Crippen LogP contribution in [0.4, 0.5) is 5.69 Å². The molecule has 4 rings (SSSR count). The molecule has 8 heteroatoms. The van der Waals surface area contributed by atoms with E-state index in [0.717, 1.165) is 24.2 Å². The molecule has 178 valence electrons. The maximum atomic E-state index is 6.26. The van der Waals surface area contributed by atoms with Gasteiger partial charge in [0.05, 0.1) is 27.4 Å². The van der Waals surface area contributed by atoms with Crippen molar-refractivity contribution >= 4 is 34.6 Å². The fourth-order valence-corrected chi connectivity index (χ4v) is 4.55. The lowest BCUT2D eigenvalue weighted by Gasteiger charge is -2.39. The SMILES string of the molecule is COc1cc2c(cc1OC)C(COc1ccccc1OC)N(C(=S)Nc1ccc(Cl)cc1)CC2. The van der Waals surface area contributed by atoms with Crippen LogP contribution in [0.3, 0.4) is 0 Å². The summed E-state index contributed by atoms with van der Waals surface area (Å²) in [5.41, 5.74) is 3.13. The van der Waals surface area contributed by atoms with Crippen LogP contribution in [0.15, 0.2) is 60.7 Å². The maximum Gasteiger partial charge on any atom is 0.174 e. The lowest BCUT2D eigenvalue weighted by atomic mass is 9.92. The van der Waals surface area contributed by atoms with Gasteiger partial charge in [0.2, 0.25) is 0 Å². The Hall–Kier alpha value is -3.16. The molecule has 6 nitrogen and oxygen atoms in total. The Bertz CT molecular complexity index is 1160. The van der Waals surface area contributed by atoms with Crippen molar-refractivity contribution in [3.8, 4) is 23.0 Å². The topological polar surface area (TPSA) is 52.2 Å². The van der Waals surface area contributed by atoms with E-state index in [1.54, 1.807) is 21.3 Å². The third kappa shape index (κ3) is 5.16. The molecule has 1 N–H and O–H groups in total. The number of hydrogen-bond acceptors (Lipinski definition) is 5. The third-order valence-corrected chi connectivity index (χ3v) is 6.41. The van der Waals surface area contributed by atoms with Crippen molar-refractivity contribution in [2.45, 2.75) is 12.5 Å². The molecule has 0 spiro atoms. The van der Waals surface area contributed by atoms with Crippen molar-refractivity contribution in [2.24, 2.45) is 0 Å². The average Bonchev–Trinajstić information content (AvgIpc) is 2.87. The number of ether oxygens (including phenoxy) is 4. The number of thiocarbonyl (C=S) groups is 1. The van der Waals surface area contributed by atoms with Crippen LogP contribution < -0.4 is 24.3 Å². The molecule has 0 amide bonds. The number of anilines is 1. The summed E-state index contributed by atoms with van der Waals surface area (Å²) in [5, 5.41) is 4.62. The van der Waals surface area contributed by atoms with Gasteiger partial charge in [-0.2, -0.15) is 0 Å². The molecular formula is C26H27ClN2O4S. The molecule has 1 unspecified atom stereocenters. The van der Waals surface area contributed by atoms with E-state index in [9.17, 15) is 0 Å². The van der Waals surface area contributed by atoms with E-state index >= 15 is 0 Å². The number of benzene rings is 3.